The highest BCUT2D eigenvalue weighted by atomic mass is 79.9. The molecule has 8 heteroatoms. The molecule has 0 aliphatic carbocycles. The molecular weight excluding hydrogens is 448 g/mol. The van der Waals surface area contributed by atoms with Crippen LogP contribution in [0.5, 0.6) is 0 Å². The van der Waals surface area contributed by atoms with Crippen LogP contribution in [-0.2, 0) is 9.59 Å². The van der Waals surface area contributed by atoms with Gasteiger partial charge in [-0.05, 0) is 41.8 Å². The summed E-state index contributed by atoms with van der Waals surface area (Å²) >= 11 is 9.95. The SMILES string of the molecule is O=C(O)CCCN1C(=O)C(=Cc2cnccc2-c2ccc(Br)cc2)SC1=S. The summed E-state index contributed by atoms with van der Waals surface area (Å²) in [4.78, 5) is 29.5. The summed E-state index contributed by atoms with van der Waals surface area (Å²) in [5.41, 5.74) is 2.81. The molecule has 1 aliphatic rings. The van der Waals surface area contributed by atoms with Crippen molar-refractivity contribution in [1.82, 2.24) is 9.88 Å². The Morgan fingerprint density at radius 1 is 1.30 bits per heavy atom. The molecule has 1 aliphatic heterocycles. The van der Waals surface area contributed by atoms with Crippen molar-refractivity contribution < 1.29 is 14.7 Å². The van der Waals surface area contributed by atoms with Crippen molar-refractivity contribution in [2.45, 2.75) is 12.8 Å². The quantitative estimate of drug-likeness (QED) is 0.500. The molecular formula is C19H15BrN2O3S2. The van der Waals surface area contributed by atoms with Crippen molar-refractivity contribution >= 4 is 62.2 Å². The second-order valence-electron chi connectivity index (χ2n) is 5.80. The number of rotatable bonds is 6. The number of hydrogen-bond acceptors (Lipinski definition) is 5. The molecule has 27 heavy (non-hydrogen) atoms. The Kier molecular flexibility index (Phi) is 6.41. The minimum absolute atomic E-state index is 0.00638. The van der Waals surface area contributed by atoms with Gasteiger partial charge in [0.25, 0.3) is 5.91 Å². The maximum Gasteiger partial charge on any atom is 0.303 e. The summed E-state index contributed by atoms with van der Waals surface area (Å²) in [6.45, 7) is 0.306. The molecule has 2 aromatic rings. The molecule has 0 radical (unpaired) electrons. The van der Waals surface area contributed by atoms with Crippen LogP contribution in [0.2, 0.25) is 0 Å². The Labute approximate surface area is 174 Å². The third-order valence-corrected chi connectivity index (χ3v) is 5.85. The van der Waals surface area contributed by atoms with E-state index >= 15 is 0 Å². The summed E-state index contributed by atoms with van der Waals surface area (Å²) in [5, 5.41) is 8.76. The van der Waals surface area contributed by atoms with Gasteiger partial charge in [0.1, 0.15) is 4.32 Å². The molecule has 0 unspecified atom stereocenters. The third kappa shape index (κ3) is 4.82. The second kappa shape index (κ2) is 8.77. The average Bonchev–Trinajstić information content (AvgIpc) is 2.90. The molecule has 1 amide bonds. The molecule has 0 atom stereocenters. The maximum absolute atomic E-state index is 12.7. The molecule has 0 spiro atoms. The fourth-order valence-corrected chi connectivity index (χ4v) is 4.20. The normalized spacial score (nSPS) is 15.6. The van der Waals surface area contributed by atoms with Crippen molar-refractivity contribution in [3.05, 3.63) is 57.7 Å². The molecule has 1 fully saturated rings. The zero-order valence-corrected chi connectivity index (χ0v) is 17.3. The number of aliphatic carboxylic acids is 1. The van der Waals surface area contributed by atoms with Crippen LogP contribution in [0.3, 0.4) is 0 Å². The van der Waals surface area contributed by atoms with Crippen molar-refractivity contribution in [1.29, 1.82) is 0 Å². The van der Waals surface area contributed by atoms with E-state index in [-0.39, 0.29) is 12.3 Å². The first-order chi connectivity index (χ1) is 13.0. The number of carbonyl (C=O) groups excluding carboxylic acids is 1. The molecule has 1 N–H and O–H groups in total. The number of thioether (sulfide) groups is 1. The lowest BCUT2D eigenvalue weighted by molar-refractivity contribution is -0.137. The monoisotopic (exact) mass is 462 g/mol. The smallest absolute Gasteiger partial charge is 0.303 e. The Morgan fingerprint density at radius 3 is 2.74 bits per heavy atom. The average molecular weight is 463 g/mol. The number of carboxylic acid groups (broad SMARTS) is 1. The van der Waals surface area contributed by atoms with E-state index < -0.39 is 5.97 Å². The molecule has 2 heterocycles. The van der Waals surface area contributed by atoms with E-state index in [0.29, 0.717) is 22.2 Å². The van der Waals surface area contributed by atoms with Gasteiger partial charge in [-0.3, -0.25) is 19.5 Å². The van der Waals surface area contributed by atoms with E-state index in [9.17, 15) is 9.59 Å². The van der Waals surface area contributed by atoms with Gasteiger partial charge in [0, 0.05) is 35.4 Å². The number of hydrogen-bond donors (Lipinski definition) is 1. The summed E-state index contributed by atoms with van der Waals surface area (Å²) in [6.07, 6.45) is 5.60. The lowest BCUT2D eigenvalue weighted by atomic mass is 10.0. The van der Waals surface area contributed by atoms with E-state index in [2.05, 4.69) is 20.9 Å². The van der Waals surface area contributed by atoms with Gasteiger partial charge in [-0.25, -0.2) is 0 Å². The Balaban J connectivity index is 1.85. The molecule has 0 bridgehead atoms. The van der Waals surface area contributed by atoms with Crippen molar-refractivity contribution in [3.63, 3.8) is 0 Å². The van der Waals surface area contributed by atoms with E-state index in [4.69, 9.17) is 17.3 Å². The minimum Gasteiger partial charge on any atom is -0.481 e. The third-order valence-electron chi connectivity index (χ3n) is 3.94. The number of thiocarbonyl (C=S) groups is 1. The molecule has 1 saturated heterocycles. The molecule has 5 nitrogen and oxygen atoms in total. The summed E-state index contributed by atoms with van der Waals surface area (Å²) in [6, 6.07) is 9.81. The van der Waals surface area contributed by atoms with Crippen LogP contribution in [0, 0.1) is 0 Å². The standard InChI is InChI=1S/C19H15BrN2O3S2/c20-14-5-3-12(4-6-14)15-7-8-21-11-13(15)10-16-18(25)22(19(26)27-16)9-1-2-17(23)24/h3-8,10-11H,1-2,9H2,(H,23,24). The number of halogens is 1. The summed E-state index contributed by atoms with van der Waals surface area (Å²) in [7, 11) is 0. The van der Waals surface area contributed by atoms with Crippen molar-refractivity contribution in [2.75, 3.05) is 6.54 Å². The van der Waals surface area contributed by atoms with Gasteiger partial charge >= 0.3 is 5.97 Å². The molecule has 0 saturated carbocycles. The number of benzene rings is 1. The van der Waals surface area contributed by atoms with Gasteiger partial charge in [-0.1, -0.05) is 52.0 Å². The Bertz CT molecular complexity index is 929. The fourth-order valence-electron chi connectivity index (χ4n) is 2.64. The number of aromatic nitrogens is 1. The van der Waals surface area contributed by atoms with Crippen LogP contribution in [-0.4, -0.2) is 37.7 Å². The highest BCUT2D eigenvalue weighted by Gasteiger charge is 2.31. The van der Waals surface area contributed by atoms with E-state index in [1.54, 1.807) is 18.5 Å². The van der Waals surface area contributed by atoms with Crippen LogP contribution in [0.4, 0.5) is 0 Å². The van der Waals surface area contributed by atoms with Crippen molar-refractivity contribution in [2.24, 2.45) is 0 Å². The number of nitrogens with zero attached hydrogens (tertiary/aromatic N) is 2. The van der Waals surface area contributed by atoms with Crippen LogP contribution in [0.1, 0.15) is 18.4 Å². The summed E-state index contributed by atoms with van der Waals surface area (Å²) < 4.78 is 1.44. The van der Waals surface area contributed by atoms with Gasteiger partial charge in [0.05, 0.1) is 4.91 Å². The molecule has 3 rings (SSSR count). The molecule has 1 aromatic heterocycles. The van der Waals surface area contributed by atoms with Crippen LogP contribution >= 0.6 is 39.9 Å². The lowest BCUT2D eigenvalue weighted by Crippen LogP contribution is -2.29. The maximum atomic E-state index is 12.7. The van der Waals surface area contributed by atoms with E-state index in [0.717, 1.165) is 21.2 Å². The molecule has 138 valence electrons. The number of carbonyl (C=O) groups is 2. The van der Waals surface area contributed by atoms with Gasteiger partial charge < -0.3 is 5.11 Å². The number of amides is 1. The molecule has 1 aromatic carbocycles. The van der Waals surface area contributed by atoms with Crippen LogP contribution < -0.4 is 0 Å². The van der Waals surface area contributed by atoms with Gasteiger partial charge in [0.2, 0.25) is 0 Å². The Hall–Kier alpha value is -2.03. The first-order valence-corrected chi connectivity index (χ1v) is 10.1. The predicted molar refractivity (Wildman–Crippen MR) is 114 cm³/mol. The highest BCUT2D eigenvalue weighted by molar-refractivity contribution is 9.10. The lowest BCUT2D eigenvalue weighted by Gasteiger charge is -2.13. The topological polar surface area (TPSA) is 70.5 Å². The second-order valence-corrected chi connectivity index (χ2v) is 8.39. The zero-order chi connectivity index (χ0) is 19.4. The van der Waals surface area contributed by atoms with E-state index in [1.165, 1.54) is 16.7 Å². The number of pyridine rings is 1. The zero-order valence-electron chi connectivity index (χ0n) is 14.1. The minimum atomic E-state index is -0.884. The van der Waals surface area contributed by atoms with E-state index in [1.807, 2.05) is 30.3 Å². The van der Waals surface area contributed by atoms with Gasteiger partial charge in [-0.2, -0.15) is 0 Å². The predicted octanol–water partition coefficient (Wildman–Crippen LogP) is 4.58. The van der Waals surface area contributed by atoms with Gasteiger partial charge in [0.15, 0.2) is 0 Å². The van der Waals surface area contributed by atoms with Crippen LogP contribution in [0.25, 0.3) is 17.2 Å². The number of carboxylic acids is 1. The Morgan fingerprint density at radius 2 is 2.04 bits per heavy atom. The van der Waals surface area contributed by atoms with Crippen molar-refractivity contribution in [3.8, 4) is 11.1 Å². The summed E-state index contributed by atoms with van der Waals surface area (Å²) in [5.74, 6) is -1.08. The first-order valence-electron chi connectivity index (χ1n) is 8.13. The first kappa shape index (κ1) is 19.7. The fraction of sp³-hybridized carbons (Fsp3) is 0.158. The van der Waals surface area contributed by atoms with Gasteiger partial charge in [-0.15, -0.1) is 0 Å². The largest absolute Gasteiger partial charge is 0.481 e. The van der Waals surface area contributed by atoms with Crippen LogP contribution in [0.15, 0.2) is 52.1 Å². The highest BCUT2D eigenvalue weighted by Crippen LogP contribution is 2.34.